The molecule has 1 atom stereocenters. The van der Waals surface area contributed by atoms with Crippen molar-refractivity contribution in [1.82, 2.24) is 10.2 Å². The van der Waals surface area contributed by atoms with Gasteiger partial charge in [-0.15, -0.1) is 0 Å². The van der Waals surface area contributed by atoms with Crippen molar-refractivity contribution in [2.45, 2.75) is 32.7 Å². The lowest BCUT2D eigenvalue weighted by atomic mass is 10.2. The van der Waals surface area contributed by atoms with Crippen LogP contribution in [0.3, 0.4) is 0 Å². The van der Waals surface area contributed by atoms with Crippen LogP contribution in [0.25, 0.3) is 0 Å². The van der Waals surface area contributed by atoms with Crippen LogP contribution in [-0.2, 0) is 4.79 Å². The highest BCUT2D eigenvalue weighted by atomic mass is 16.5. The Morgan fingerprint density at radius 3 is 2.43 bits per heavy atom. The van der Waals surface area contributed by atoms with Gasteiger partial charge in [0.1, 0.15) is 5.75 Å². The Hall–Kier alpha value is -1.75. The van der Waals surface area contributed by atoms with Crippen LogP contribution >= 0.6 is 0 Å². The number of carbonyl (C=O) groups excluding carboxylic acids is 1. The number of rotatable bonds is 7. The first-order valence-corrected chi connectivity index (χ1v) is 8.53. The maximum atomic E-state index is 11.8. The maximum Gasteiger partial charge on any atom is 0.221 e. The summed E-state index contributed by atoms with van der Waals surface area (Å²) >= 11 is 0. The molecular formula is C18H29N3O2. The Morgan fingerprint density at radius 1 is 1.22 bits per heavy atom. The van der Waals surface area contributed by atoms with Crippen LogP contribution in [0.15, 0.2) is 24.3 Å². The van der Waals surface area contributed by atoms with E-state index in [2.05, 4.69) is 34.2 Å². The summed E-state index contributed by atoms with van der Waals surface area (Å²) < 4.78 is 5.20. The fourth-order valence-electron chi connectivity index (χ4n) is 2.73. The highest BCUT2D eigenvalue weighted by Gasteiger charge is 2.18. The van der Waals surface area contributed by atoms with Crippen molar-refractivity contribution in [2.24, 2.45) is 0 Å². The third kappa shape index (κ3) is 5.43. The minimum absolute atomic E-state index is 0.164. The zero-order valence-corrected chi connectivity index (χ0v) is 14.5. The van der Waals surface area contributed by atoms with Gasteiger partial charge in [0.15, 0.2) is 0 Å². The molecule has 0 bridgehead atoms. The molecule has 1 unspecified atom stereocenters. The molecule has 0 radical (unpaired) electrons. The molecule has 5 nitrogen and oxygen atoms in total. The van der Waals surface area contributed by atoms with Crippen molar-refractivity contribution in [3.8, 4) is 5.75 Å². The van der Waals surface area contributed by atoms with Crippen molar-refractivity contribution in [3.05, 3.63) is 24.3 Å². The van der Waals surface area contributed by atoms with Gasteiger partial charge in [0.05, 0.1) is 7.11 Å². The van der Waals surface area contributed by atoms with Crippen LogP contribution in [0.2, 0.25) is 0 Å². The molecule has 2 rings (SSSR count). The van der Waals surface area contributed by atoms with E-state index >= 15 is 0 Å². The Bertz CT molecular complexity index is 482. The van der Waals surface area contributed by atoms with E-state index in [0.29, 0.717) is 6.42 Å². The lowest BCUT2D eigenvalue weighted by Crippen LogP contribution is -2.47. The quantitative estimate of drug-likeness (QED) is 0.836. The molecule has 1 aliphatic heterocycles. The molecule has 5 heteroatoms. The highest BCUT2D eigenvalue weighted by molar-refractivity contribution is 5.76. The van der Waals surface area contributed by atoms with Gasteiger partial charge >= 0.3 is 0 Å². The molecule has 0 aromatic heterocycles. The molecule has 1 aromatic rings. The summed E-state index contributed by atoms with van der Waals surface area (Å²) in [6.07, 6.45) is 1.57. The van der Waals surface area contributed by atoms with Crippen molar-refractivity contribution < 1.29 is 9.53 Å². The fourth-order valence-corrected chi connectivity index (χ4v) is 2.73. The van der Waals surface area contributed by atoms with E-state index in [0.717, 1.165) is 44.9 Å². The van der Waals surface area contributed by atoms with Gasteiger partial charge in [-0.25, -0.2) is 0 Å². The molecule has 128 valence electrons. The molecule has 1 heterocycles. The number of anilines is 1. The van der Waals surface area contributed by atoms with E-state index in [1.807, 2.05) is 19.1 Å². The van der Waals surface area contributed by atoms with Gasteiger partial charge in [0.25, 0.3) is 0 Å². The number of methoxy groups -OCH3 is 1. The predicted octanol–water partition coefficient (Wildman–Crippen LogP) is 2.12. The molecule has 1 N–H and O–H groups in total. The van der Waals surface area contributed by atoms with E-state index in [-0.39, 0.29) is 11.9 Å². The lowest BCUT2D eigenvalue weighted by molar-refractivity contribution is -0.122. The number of carbonyl (C=O) groups is 1. The van der Waals surface area contributed by atoms with Crippen LogP contribution < -0.4 is 15.0 Å². The molecule has 1 amide bonds. The topological polar surface area (TPSA) is 44.8 Å². The van der Waals surface area contributed by atoms with Crippen molar-refractivity contribution >= 4 is 11.6 Å². The standard InChI is InChI=1S/C18H29N3O2/c1-4-15(2)19-18(22)9-10-20-11-13-21(14-12-20)16-5-7-17(23-3)8-6-16/h5-8,15H,4,9-14H2,1-3H3,(H,19,22). The van der Waals surface area contributed by atoms with E-state index in [1.54, 1.807) is 7.11 Å². The number of amides is 1. The number of hydrogen-bond acceptors (Lipinski definition) is 4. The molecule has 1 saturated heterocycles. The van der Waals surface area contributed by atoms with Gasteiger partial charge in [-0.3, -0.25) is 9.69 Å². The van der Waals surface area contributed by atoms with Crippen molar-refractivity contribution in [2.75, 3.05) is 44.7 Å². The number of nitrogens with one attached hydrogen (secondary N) is 1. The zero-order chi connectivity index (χ0) is 16.7. The predicted molar refractivity (Wildman–Crippen MR) is 94.2 cm³/mol. The lowest BCUT2D eigenvalue weighted by Gasteiger charge is -2.36. The average molecular weight is 319 g/mol. The fraction of sp³-hybridized carbons (Fsp3) is 0.611. The molecule has 1 aromatic carbocycles. The molecule has 0 spiro atoms. The smallest absolute Gasteiger partial charge is 0.221 e. The van der Waals surface area contributed by atoms with Crippen molar-refractivity contribution in [1.29, 1.82) is 0 Å². The summed E-state index contributed by atoms with van der Waals surface area (Å²) in [6.45, 7) is 8.98. The first-order valence-electron chi connectivity index (χ1n) is 8.53. The molecule has 0 saturated carbocycles. The highest BCUT2D eigenvalue weighted by Crippen LogP contribution is 2.20. The summed E-state index contributed by atoms with van der Waals surface area (Å²) in [5.41, 5.74) is 1.24. The summed E-state index contributed by atoms with van der Waals surface area (Å²) in [6, 6.07) is 8.48. The number of hydrogen-bond donors (Lipinski definition) is 1. The molecule has 23 heavy (non-hydrogen) atoms. The van der Waals surface area contributed by atoms with Gasteiger partial charge < -0.3 is 15.0 Å². The van der Waals surface area contributed by atoms with Gasteiger partial charge in [-0.05, 0) is 37.6 Å². The zero-order valence-electron chi connectivity index (χ0n) is 14.5. The number of ether oxygens (including phenoxy) is 1. The average Bonchev–Trinajstić information content (AvgIpc) is 2.60. The monoisotopic (exact) mass is 319 g/mol. The molecule has 1 aliphatic rings. The molecule has 1 fully saturated rings. The van der Waals surface area contributed by atoms with Crippen LogP contribution in [0.1, 0.15) is 26.7 Å². The Kier molecular flexibility index (Phi) is 6.71. The van der Waals surface area contributed by atoms with Crippen LogP contribution in [-0.4, -0.2) is 56.7 Å². The van der Waals surface area contributed by atoms with Crippen LogP contribution in [0.5, 0.6) is 5.75 Å². The molecular weight excluding hydrogens is 290 g/mol. The summed E-state index contributed by atoms with van der Waals surface area (Å²) in [4.78, 5) is 16.6. The van der Waals surface area contributed by atoms with E-state index in [4.69, 9.17) is 4.74 Å². The molecule has 0 aliphatic carbocycles. The summed E-state index contributed by atoms with van der Waals surface area (Å²) in [5, 5.41) is 3.03. The second kappa shape index (κ2) is 8.77. The van der Waals surface area contributed by atoms with E-state index in [1.165, 1.54) is 5.69 Å². The number of nitrogens with zero attached hydrogens (tertiary/aromatic N) is 2. The largest absolute Gasteiger partial charge is 0.497 e. The van der Waals surface area contributed by atoms with Gasteiger partial charge in [0, 0.05) is 50.9 Å². The van der Waals surface area contributed by atoms with E-state index in [9.17, 15) is 4.79 Å². The van der Waals surface area contributed by atoms with Gasteiger partial charge in [-0.2, -0.15) is 0 Å². The third-order valence-corrected chi connectivity index (χ3v) is 4.48. The van der Waals surface area contributed by atoms with Crippen molar-refractivity contribution in [3.63, 3.8) is 0 Å². The number of piperazine rings is 1. The summed E-state index contributed by atoms with van der Waals surface area (Å²) in [7, 11) is 1.69. The third-order valence-electron chi connectivity index (χ3n) is 4.48. The van der Waals surface area contributed by atoms with Crippen LogP contribution in [0.4, 0.5) is 5.69 Å². The Morgan fingerprint density at radius 2 is 1.87 bits per heavy atom. The first kappa shape index (κ1) is 17.6. The Balaban J connectivity index is 1.72. The summed E-state index contributed by atoms with van der Waals surface area (Å²) in [5.74, 6) is 1.05. The maximum absolute atomic E-state index is 11.8. The second-order valence-electron chi connectivity index (χ2n) is 6.15. The Labute approximate surface area is 139 Å². The van der Waals surface area contributed by atoms with Crippen LogP contribution in [0, 0.1) is 0 Å². The minimum Gasteiger partial charge on any atom is -0.497 e. The van der Waals surface area contributed by atoms with Gasteiger partial charge in [-0.1, -0.05) is 6.92 Å². The second-order valence-corrected chi connectivity index (χ2v) is 6.15. The normalized spacial score (nSPS) is 16.9. The first-order chi connectivity index (χ1) is 11.1. The minimum atomic E-state index is 0.164. The van der Waals surface area contributed by atoms with E-state index < -0.39 is 0 Å². The van der Waals surface area contributed by atoms with Gasteiger partial charge in [0.2, 0.25) is 5.91 Å². The SMILES string of the molecule is CCC(C)NC(=O)CCN1CCN(c2ccc(OC)cc2)CC1. The number of benzene rings is 1.